The number of aliphatic imine (C=N–C) groups is 1. The normalized spacial score (nSPS) is 11.7. The highest BCUT2D eigenvalue weighted by Gasteiger charge is 2.27. The van der Waals surface area contributed by atoms with Gasteiger partial charge in [0.2, 0.25) is 5.95 Å². The standard InChI is InChI=1S/C18H17F4N5/c1-9(2)26-15-10(3)4-11(5-14(15)19)12-6-23-16-13(12)7-24-17(27-16)25-8-18(20,21)22/h4-7H,8H2,1-3H3,(H2,23,24,25,27). The zero-order valence-electron chi connectivity index (χ0n) is 14.9. The number of aryl methyl sites for hydroxylation is 1. The third-order valence-corrected chi connectivity index (χ3v) is 3.78. The topological polar surface area (TPSA) is 66.0 Å². The molecule has 0 atom stereocenters. The quantitative estimate of drug-likeness (QED) is 0.486. The number of nitrogens with one attached hydrogen (secondary N) is 2. The molecule has 0 saturated heterocycles. The summed E-state index contributed by atoms with van der Waals surface area (Å²) >= 11 is 0. The Balaban J connectivity index is 1.97. The first kappa shape index (κ1) is 18.8. The molecule has 3 aromatic rings. The minimum atomic E-state index is -4.37. The molecule has 0 aliphatic heterocycles. The van der Waals surface area contributed by atoms with Crippen molar-refractivity contribution in [1.29, 1.82) is 0 Å². The number of halogens is 4. The number of aromatic amines is 1. The first-order chi connectivity index (χ1) is 12.6. The van der Waals surface area contributed by atoms with Gasteiger partial charge in [0.25, 0.3) is 0 Å². The summed E-state index contributed by atoms with van der Waals surface area (Å²) in [5.74, 6) is -0.594. The Morgan fingerprint density at radius 1 is 1.26 bits per heavy atom. The number of fused-ring (bicyclic) bond motifs is 1. The lowest BCUT2D eigenvalue weighted by Gasteiger charge is -2.08. The number of H-pyrrole nitrogens is 1. The van der Waals surface area contributed by atoms with Gasteiger partial charge in [0.1, 0.15) is 23.7 Å². The van der Waals surface area contributed by atoms with E-state index in [1.807, 2.05) is 0 Å². The molecule has 0 fully saturated rings. The molecule has 0 spiro atoms. The van der Waals surface area contributed by atoms with Crippen molar-refractivity contribution in [2.24, 2.45) is 4.99 Å². The van der Waals surface area contributed by atoms with Gasteiger partial charge in [-0.3, -0.25) is 4.99 Å². The molecule has 5 nitrogen and oxygen atoms in total. The molecule has 0 unspecified atom stereocenters. The maximum absolute atomic E-state index is 14.5. The van der Waals surface area contributed by atoms with Crippen molar-refractivity contribution in [2.75, 3.05) is 11.9 Å². The van der Waals surface area contributed by atoms with Gasteiger partial charge in [-0.05, 0) is 44.0 Å². The fourth-order valence-electron chi connectivity index (χ4n) is 2.67. The van der Waals surface area contributed by atoms with Gasteiger partial charge in [-0.25, -0.2) is 9.37 Å². The molecule has 3 rings (SSSR count). The zero-order valence-corrected chi connectivity index (χ0v) is 14.9. The third-order valence-electron chi connectivity index (χ3n) is 3.78. The number of benzene rings is 1. The highest BCUT2D eigenvalue weighted by molar-refractivity contribution is 5.94. The summed E-state index contributed by atoms with van der Waals surface area (Å²) in [6.45, 7) is 4.11. The maximum Gasteiger partial charge on any atom is 0.405 e. The Hall–Kier alpha value is -2.97. The van der Waals surface area contributed by atoms with Crippen molar-refractivity contribution < 1.29 is 17.6 Å². The second-order valence-electron chi connectivity index (χ2n) is 6.31. The van der Waals surface area contributed by atoms with Crippen LogP contribution in [0.5, 0.6) is 0 Å². The summed E-state index contributed by atoms with van der Waals surface area (Å²) in [6, 6.07) is 3.16. The van der Waals surface area contributed by atoms with Gasteiger partial charge in [0, 0.05) is 29.1 Å². The van der Waals surface area contributed by atoms with E-state index in [0.29, 0.717) is 27.7 Å². The highest BCUT2D eigenvalue weighted by Crippen LogP contribution is 2.33. The first-order valence-electron chi connectivity index (χ1n) is 8.11. The lowest BCUT2D eigenvalue weighted by Crippen LogP contribution is -2.22. The van der Waals surface area contributed by atoms with Crippen molar-refractivity contribution in [2.45, 2.75) is 26.9 Å². The summed E-state index contributed by atoms with van der Waals surface area (Å²) in [5, 5.41) is 2.71. The van der Waals surface area contributed by atoms with Crippen molar-refractivity contribution >= 4 is 28.4 Å². The lowest BCUT2D eigenvalue weighted by atomic mass is 10.0. The first-order valence-corrected chi connectivity index (χ1v) is 8.11. The van der Waals surface area contributed by atoms with E-state index in [1.54, 1.807) is 33.0 Å². The SMILES string of the molecule is CC(C)=Nc1c(C)cc(-c2c[nH]c3nc(NCC(F)(F)F)ncc23)cc1F. The molecule has 2 aromatic heterocycles. The van der Waals surface area contributed by atoms with Crippen LogP contribution in [0.4, 0.5) is 29.2 Å². The molecule has 27 heavy (non-hydrogen) atoms. The number of anilines is 1. The van der Waals surface area contributed by atoms with Crippen molar-refractivity contribution in [1.82, 2.24) is 15.0 Å². The molecule has 2 N–H and O–H groups in total. The molecule has 0 aliphatic rings. The third kappa shape index (κ3) is 4.24. The smallest absolute Gasteiger partial charge is 0.345 e. The van der Waals surface area contributed by atoms with Crippen molar-refractivity contribution in [3.63, 3.8) is 0 Å². The van der Waals surface area contributed by atoms with E-state index < -0.39 is 18.5 Å². The molecule has 0 radical (unpaired) electrons. The van der Waals surface area contributed by atoms with E-state index in [1.165, 1.54) is 12.3 Å². The van der Waals surface area contributed by atoms with Gasteiger partial charge in [-0.15, -0.1) is 0 Å². The minimum Gasteiger partial charge on any atom is -0.345 e. The number of alkyl halides is 3. The van der Waals surface area contributed by atoms with Crippen molar-refractivity contribution in [3.05, 3.63) is 35.9 Å². The summed E-state index contributed by atoms with van der Waals surface area (Å²) in [5.41, 5.74) is 3.30. The zero-order chi connectivity index (χ0) is 19.8. The van der Waals surface area contributed by atoms with Crippen LogP contribution >= 0.6 is 0 Å². The van der Waals surface area contributed by atoms with Crippen LogP contribution in [0.15, 0.2) is 29.5 Å². The largest absolute Gasteiger partial charge is 0.405 e. The lowest BCUT2D eigenvalue weighted by molar-refractivity contribution is -0.115. The summed E-state index contributed by atoms with van der Waals surface area (Å²) in [7, 11) is 0. The molecule has 2 heterocycles. The number of rotatable bonds is 4. The fourth-order valence-corrected chi connectivity index (χ4v) is 2.67. The van der Waals surface area contributed by atoms with Crippen LogP contribution in [0, 0.1) is 12.7 Å². The van der Waals surface area contributed by atoms with E-state index in [9.17, 15) is 17.6 Å². The summed E-state index contributed by atoms with van der Waals surface area (Å²) in [4.78, 5) is 15.0. The predicted octanol–water partition coefficient (Wildman–Crippen LogP) is 5.16. The second-order valence-corrected chi connectivity index (χ2v) is 6.31. The number of hydrogen-bond acceptors (Lipinski definition) is 4. The van der Waals surface area contributed by atoms with Crippen LogP contribution in [0.25, 0.3) is 22.2 Å². The second kappa shape index (κ2) is 6.98. The Morgan fingerprint density at radius 2 is 2.00 bits per heavy atom. The molecule has 1 aromatic carbocycles. The van der Waals surface area contributed by atoms with Gasteiger partial charge in [0.15, 0.2) is 0 Å². The van der Waals surface area contributed by atoms with Crippen LogP contribution in [-0.4, -0.2) is 33.4 Å². The predicted molar refractivity (Wildman–Crippen MR) is 97.0 cm³/mol. The van der Waals surface area contributed by atoms with Gasteiger partial charge in [0.05, 0.1) is 0 Å². The molecular formula is C18H17F4N5. The molecule has 0 saturated carbocycles. The van der Waals surface area contributed by atoms with Gasteiger partial charge >= 0.3 is 6.18 Å². The molecule has 0 bridgehead atoms. The summed E-state index contributed by atoms with van der Waals surface area (Å²) in [6.07, 6.45) is -1.34. The highest BCUT2D eigenvalue weighted by atomic mass is 19.4. The molecule has 0 amide bonds. The van der Waals surface area contributed by atoms with Crippen LogP contribution in [0.1, 0.15) is 19.4 Å². The van der Waals surface area contributed by atoms with E-state index >= 15 is 0 Å². The Labute approximate surface area is 152 Å². The monoisotopic (exact) mass is 379 g/mol. The Kier molecular flexibility index (Phi) is 4.86. The number of hydrogen-bond donors (Lipinski definition) is 2. The van der Waals surface area contributed by atoms with Crippen LogP contribution < -0.4 is 5.32 Å². The van der Waals surface area contributed by atoms with Crippen LogP contribution in [-0.2, 0) is 0 Å². The molecule has 0 aliphatic carbocycles. The Morgan fingerprint density at radius 3 is 2.63 bits per heavy atom. The van der Waals surface area contributed by atoms with Crippen LogP contribution in [0.3, 0.4) is 0 Å². The molecule has 9 heteroatoms. The minimum absolute atomic E-state index is 0.140. The van der Waals surface area contributed by atoms with E-state index in [2.05, 4.69) is 25.3 Å². The summed E-state index contributed by atoms with van der Waals surface area (Å²) < 4.78 is 51.4. The van der Waals surface area contributed by atoms with E-state index in [0.717, 1.165) is 5.71 Å². The average molecular weight is 379 g/mol. The van der Waals surface area contributed by atoms with Crippen LogP contribution in [0.2, 0.25) is 0 Å². The van der Waals surface area contributed by atoms with E-state index in [-0.39, 0.29) is 11.6 Å². The van der Waals surface area contributed by atoms with E-state index in [4.69, 9.17) is 0 Å². The van der Waals surface area contributed by atoms with Gasteiger partial charge in [-0.1, -0.05) is 0 Å². The number of nitrogens with zero attached hydrogens (tertiary/aromatic N) is 3. The van der Waals surface area contributed by atoms with Gasteiger partial charge in [-0.2, -0.15) is 18.2 Å². The molecule has 142 valence electrons. The molecular weight excluding hydrogens is 362 g/mol. The van der Waals surface area contributed by atoms with Gasteiger partial charge < -0.3 is 10.3 Å². The Bertz CT molecular complexity index is 993. The van der Waals surface area contributed by atoms with Crippen molar-refractivity contribution in [3.8, 4) is 11.1 Å². The number of aromatic nitrogens is 3. The maximum atomic E-state index is 14.5. The average Bonchev–Trinajstić information content (AvgIpc) is 2.98. The fraction of sp³-hybridized carbons (Fsp3) is 0.278.